The number of nitrogen functional groups attached to an aromatic ring is 1. The molecule has 2 aliphatic rings. The molecule has 1 aromatic heterocycles. The summed E-state index contributed by atoms with van der Waals surface area (Å²) in [5.41, 5.74) is 19.7. The molecule has 2 saturated heterocycles. The Balaban J connectivity index is 0.000000358. The second-order valence-electron chi connectivity index (χ2n) is 15.0. The predicted molar refractivity (Wildman–Crippen MR) is 297 cm³/mol. The first-order valence-electron chi connectivity index (χ1n) is 20.5. The van der Waals surface area contributed by atoms with Crippen LogP contribution >= 0.6 is 61.1 Å². The zero-order chi connectivity index (χ0) is 44.6. The number of alkyl halides is 1. The van der Waals surface area contributed by atoms with Gasteiger partial charge in [0.1, 0.15) is 10.7 Å². The number of hydrogen-bond acceptors (Lipinski definition) is 12. The maximum atomic E-state index is 12.8. The van der Waals surface area contributed by atoms with Crippen LogP contribution in [0, 0.1) is 13.8 Å². The fourth-order valence-corrected chi connectivity index (χ4v) is 8.47. The van der Waals surface area contributed by atoms with Crippen LogP contribution in [0.25, 0.3) is 0 Å². The zero-order valence-electron chi connectivity index (χ0n) is 36.8. The van der Waals surface area contributed by atoms with Gasteiger partial charge in [-0.1, -0.05) is 108 Å². The highest BCUT2D eigenvalue weighted by Crippen LogP contribution is 2.31. The van der Waals surface area contributed by atoms with Gasteiger partial charge < -0.3 is 41.7 Å². The number of thiocarbonyl (C=S) groups is 1. The smallest absolute Gasteiger partial charge is 0.206 e. The Kier molecular flexibility index (Phi) is 24.9. The van der Waals surface area contributed by atoms with E-state index in [0.29, 0.717) is 31.2 Å². The van der Waals surface area contributed by atoms with E-state index in [9.17, 15) is 9.59 Å². The molecule has 0 radical (unpaired) electrons. The monoisotopic (exact) mass is 1020 g/mol. The quantitative estimate of drug-likeness (QED) is 0.0263. The third-order valence-electron chi connectivity index (χ3n) is 10.1. The van der Waals surface area contributed by atoms with Crippen molar-refractivity contribution in [2.75, 3.05) is 104 Å². The molecule has 5 aromatic rings. The van der Waals surface area contributed by atoms with Crippen LogP contribution in [0.5, 0.6) is 0 Å². The lowest BCUT2D eigenvalue weighted by atomic mass is 10.1. The summed E-state index contributed by atoms with van der Waals surface area (Å²) in [4.78, 5) is 42.3. The van der Waals surface area contributed by atoms with Crippen molar-refractivity contribution in [1.29, 1.82) is 0 Å². The minimum absolute atomic E-state index is 0. The number of benzene rings is 4. The second kappa shape index (κ2) is 28.6. The number of rotatable bonds is 10. The van der Waals surface area contributed by atoms with E-state index >= 15 is 0 Å². The van der Waals surface area contributed by atoms with Gasteiger partial charge in [-0.2, -0.15) is 14.9 Å². The van der Waals surface area contributed by atoms with E-state index < -0.39 is 0 Å². The average Bonchev–Trinajstić information content (AvgIpc) is 3.63. The number of aromatic nitrogens is 1. The fourth-order valence-electron chi connectivity index (χ4n) is 6.56. The van der Waals surface area contributed by atoms with Gasteiger partial charge in [0.2, 0.25) is 5.78 Å². The first-order valence-corrected chi connectivity index (χ1v) is 23.8. The number of ketones is 2. The molecule has 352 valence electrons. The Morgan fingerprint density at radius 3 is 1.74 bits per heavy atom. The Bertz CT molecular complexity index is 2280. The molecule has 7 rings (SSSR count). The molecule has 12 nitrogen and oxygen atoms in total. The van der Waals surface area contributed by atoms with Gasteiger partial charge in [0.05, 0.1) is 5.33 Å². The van der Waals surface area contributed by atoms with E-state index in [2.05, 4.69) is 94.5 Å². The third kappa shape index (κ3) is 18.1. The number of aryl methyl sites for hydroxylation is 2. The molecular formula is C48H68BrN10O2PS3. The molecule has 2 aliphatic heterocycles. The highest BCUT2D eigenvalue weighted by molar-refractivity contribution is 9.09. The lowest BCUT2D eigenvalue weighted by Crippen LogP contribution is -2.44. The number of hydrogen-bond donors (Lipinski definition) is 4. The summed E-state index contributed by atoms with van der Waals surface area (Å²) < 4.78 is 0. The molecule has 6 N–H and O–H groups in total. The van der Waals surface area contributed by atoms with Gasteiger partial charge in [0.25, 0.3) is 0 Å². The van der Waals surface area contributed by atoms with Gasteiger partial charge in [-0.3, -0.25) is 9.59 Å². The summed E-state index contributed by atoms with van der Waals surface area (Å²) in [7, 11) is 4.32. The molecule has 0 saturated carbocycles. The Hall–Kier alpha value is -4.41. The Morgan fingerprint density at radius 2 is 1.26 bits per heavy atom. The van der Waals surface area contributed by atoms with Crippen molar-refractivity contribution in [1.82, 2.24) is 14.8 Å². The van der Waals surface area contributed by atoms with Gasteiger partial charge >= 0.3 is 0 Å². The number of piperazine rings is 2. The van der Waals surface area contributed by atoms with Crippen LogP contribution < -0.4 is 31.9 Å². The number of carbonyl (C=O) groups excluding carboxylic acids is 2. The average molecular weight is 1020 g/mol. The fraction of sp³-hybridized carbons (Fsp3) is 0.354. The summed E-state index contributed by atoms with van der Waals surface area (Å²) in [6, 6.07) is 31.7. The van der Waals surface area contributed by atoms with Crippen LogP contribution in [0.4, 0.5) is 33.7 Å². The number of likely N-dealkylation sites (N-methyl/N-ethyl adjacent to an activating group) is 2. The molecule has 0 amide bonds. The van der Waals surface area contributed by atoms with E-state index in [0.717, 1.165) is 86.2 Å². The number of nitrogens with two attached hydrogens (primary N) is 2. The maximum absolute atomic E-state index is 12.8. The van der Waals surface area contributed by atoms with Crippen LogP contribution in [0.3, 0.4) is 0 Å². The number of amidine groups is 1. The van der Waals surface area contributed by atoms with Crippen molar-refractivity contribution < 1.29 is 9.59 Å². The number of aliphatic imine (C=N–C) groups is 1. The van der Waals surface area contributed by atoms with Gasteiger partial charge in [-0.05, 0) is 107 Å². The number of carbonyl (C=O) groups is 2. The predicted octanol–water partition coefficient (Wildman–Crippen LogP) is 9.87. The van der Waals surface area contributed by atoms with Gasteiger partial charge in [0, 0.05) is 86.2 Å². The Morgan fingerprint density at radius 1 is 0.785 bits per heavy atom. The highest BCUT2D eigenvalue weighted by atomic mass is 79.9. The number of nitrogens with one attached hydrogen (secondary N) is 2. The van der Waals surface area contributed by atoms with E-state index in [-0.39, 0.29) is 42.1 Å². The summed E-state index contributed by atoms with van der Waals surface area (Å²) in [5, 5.41) is 8.27. The normalized spacial score (nSPS) is 13.8. The molecule has 1 atom stereocenters. The number of Topliss-reactive ketones (excluding diaryl/α,β-unsaturated/α-hetero) is 1. The number of thiazole rings is 1. The Labute approximate surface area is 412 Å². The molecule has 0 bridgehead atoms. The first-order chi connectivity index (χ1) is 29.8. The van der Waals surface area contributed by atoms with Crippen molar-refractivity contribution >= 4 is 117 Å². The van der Waals surface area contributed by atoms with Gasteiger partial charge in [-0.25, -0.2) is 4.98 Å². The molecule has 1 unspecified atom stereocenters. The third-order valence-corrected chi connectivity index (χ3v) is 12.4. The van der Waals surface area contributed by atoms with Crippen molar-refractivity contribution in [3.8, 4) is 0 Å². The molecule has 0 aliphatic carbocycles. The minimum atomic E-state index is -0.0952. The number of anilines is 6. The van der Waals surface area contributed by atoms with Crippen molar-refractivity contribution in [2.45, 2.75) is 35.6 Å². The highest BCUT2D eigenvalue weighted by Gasteiger charge is 2.19. The molecule has 3 heterocycles. The van der Waals surface area contributed by atoms with Gasteiger partial charge in [0.15, 0.2) is 21.2 Å². The summed E-state index contributed by atoms with van der Waals surface area (Å²) in [6.45, 7) is 14.5. The SMILES string of the molecule is C.C.CCSC(N)=NC(=S)Nc1ccc(N2CCN(C)CC2)cc1.Cc1cccc(C(=O)CBr)c1.Cc1cccc(C(=O)c2sc(Nc3ccc(N4CCN(C)CC4)cc3)nc2N)c1.P. The number of nitrogens with zero attached hydrogens (tertiary/aromatic N) is 6. The van der Waals surface area contributed by atoms with Gasteiger partial charge in [-0.15, -0.1) is 0 Å². The van der Waals surface area contributed by atoms with Crippen molar-refractivity contribution in [2.24, 2.45) is 10.7 Å². The number of thioether (sulfide) groups is 1. The van der Waals surface area contributed by atoms with E-state index in [4.69, 9.17) is 23.7 Å². The van der Waals surface area contributed by atoms with E-state index in [1.807, 2.05) is 87.5 Å². The zero-order valence-corrected chi connectivity index (χ0v) is 42.2. The lowest BCUT2D eigenvalue weighted by Gasteiger charge is -2.34. The summed E-state index contributed by atoms with van der Waals surface area (Å²) >= 11 is 11.1. The van der Waals surface area contributed by atoms with Crippen LogP contribution in [0.1, 0.15) is 58.5 Å². The first kappa shape index (κ1) is 56.7. The molecular weight excluding hydrogens is 956 g/mol. The van der Waals surface area contributed by atoms with Crippen LogP contribution in [0.15, 0.2) is 102 Å². The van der Waals surface area contributed by atoms with Crippen LogP contribution in [-0.4, -0.2) is 114 Å². The van der Waals surface area contributed by atoms with Crippen LogP contribution in [0.2, 0.25) is 0 Å². The molecule has 17 heteroatoms. The lowest BCUT2D eigenvalue weighted by molar-refractivity contribution is 0.102. The van der Waals surface area contributed by atoms with Crippen molar-refractivity contribution in [3.05, 3.63) is 124 Å². The largest absolute Gasteiger partial charge is 0.382 e. The van der Waals surface area contributed by atoms with E-state index in [1.54, 1.807) is 6.07 Å². The standard InChI is InChI=1S/C22H25N5OS.C15H23N5S2.C9H9BrO.2CH4.H3P/c1-15-4-3-5-16(14-15)19(28)20-21(23)25-22(29-20)24-17-6-8-18(9-7-17)27-12-10-26(2)11-13-27;1-3-22-14(16)18-15(21)17-12-4-6-13(7-5-12)20-10-8-19(2)9-11-20;1-7-3-2-4-8(5-7)9(11)6-10;;;/h3-9,14H,10-13,23H2,1-2H3,(H,24,25);4-7H,3,8-11H2,1-2H3,(H3,16,17,18,21);2-5H,6H2,1H3;2*1H4;1H3. The van der Waals surface area contributed by atoms with E-state index in [1.165, 1.54) is 34.5 Å². The topological polar surface area (TPSA) is 148 Å². The minimum Gasteiger partial charge on any atom is -0.382 e. The van der Waals surface area contributed by atoms with Crippen LogP contribution in [-0.2, 0) is 0 Å². The molecule has 2 fully saturated rings. The summed E-state index contributed by atoms with van der Waals surface area (Å²) in [5.74, 6) is 1.19. The maximum Gasteiger partial charge on any atom is 0.206 e. The second-order valence-corrected chi connectivity index (χ2v) is 18.2. The number of halogens is 1. The molecule has 0 spiro atoms. The van der Waals surface area contributed by atoms with Crippen molar-refractivity contribution in [3.63, 3.8) is 0 Å². The molecule has 4 aromatic carbocycles. The molecule has 65 heavy (non-hydrogen) atoms. The summed E-state index contributed by atoms with van der Waals surface area (Å²) in [6.07, 6.45) is 0.